The lowest BCUT2D eigenvalue weighted by Crippen LogP contribution is -2.23. The van der Waals surface area contributed by atoms with E-state index in [-0.39, 0.29) is 41.1 Å². The highest BCUT2D eigenvalue weighted by molar-refractivity contribution is 6.02. The van der Waals surface area contributed by atoms with Gasteiger partial charge in [0.25, 0.3) is 0 Å². The molecule has 4 heteroatoms. The zero-order chi connectivity index (χ0) is 10.3. The molecule has 74 valence electrons. The molecule has 4 nitrogen and oxygen atoms in total. The molecule has 2 rings (SSSR count). The molecular weight excluding hydrogens is 184 g/mol. The minimum atomic E-state index is -0.225. The van der Waals surface area contributed by atoms with Crippen LogP contribution in [0.1, 0.15) is 23.7 Å². The van der Waals surface area contributed by atoms with Crippen LogP contribution in [-0.2, 0) is 0 Å². The molecule has 1 atom stereocenters. The number of carbonyl (C=O) groups is 1. The lowest BCUT2D eigenvalue weighted by atomic mass is 10.0. The molecule has 1 aliphatic rings. The number of ketones is 1. The molecule has 0 saturated heterocycles. The van der Waals surface area contributed by atoms with E-state index in [0.717, 1.165) is 6.07 Å². The SMILES string of the molecule is CC1CC(=O)c2c(O)cc(O)cc2O1. The zero-order valence-corrected chi connectivity index (χ0v) is 7.65. The van der Waals surface area contributed by atoms with Crippen LogP contribution in [0.3, 0.4) is 0 Å². The second-order valence-corrected chi connectivity index (χ2v) is 3.39. The summed E-state index contributed by atoms with van der Waals surface area (Å²) in [7, 11) is 0. The highest BCUT2D eigenvalue weighted by Gasteiger charge is 2.27. The Hall–Kier alpha value is -1.71. The summed E-state index contributed by atoms with van der Waals surface area (Å²) in [6, 6.07) is 2.47. The van der Waals surface area contributed by atoms with E-state index in [1.165, 1.54) is 6.07 Å². The number of phenols is 2. The van der Waals surface area contributed by atoms with Gasteiger partial charge in [0, 0.05) is 18.6 Å². The number of fused-ring (bicyclic) bond motifs is 1. The van der Waals surface area contributed by atoms with Crippen molar-refractivity contribution in [3.8, 4) is 17.2 Å². The summed E-state index contributed by atoms with van der Waals surface area (Å²) >= 11 is 0. The average molecular weight is 194 g/mol. The normalized spacial score (nSPS) is 20.1. The van der Waals surface area contributed by atoms with Crippen LogP contribution in [0.4, 0.5) is 0 Å². The maximum absolute atomic E-state index is 11.5. The van der Waals surface area contributed by atoms with Crippen LogP contribution in [0.5, 0.6) is 17.2 Å². The van der Waals surface area contributed by atoms with Crippen LogP contribution in [0.15, 0.2) is 12.1 Å². The Morgan fingerprint density at radius 1 is 1.43 bits per heavy atom. The fourth-order valence-electron chi connectivity index (χ4n) is 1.58. The molecule has 0 aromatic heterocycles. The number of phenolic OH excluding ortho intramolecular Hbond substituents is 2. The molecule has 1 aromatic carbocycles. The van der Waals surface area contributed by atoms with Gasteiger partial charge < -0.3 is 14.9 Å². The number of Topliss-reactive ketones (excluding diaryl/α,β-unsaturated/α-hetero) is 1. The van der Waals surface area contributed by atoms with E-state index in [2.05, 4.69) is 0 Å². The van der Waals surface area contributed by atoms with Gasteiger partial charge in [0.2, 0.25) is 0 Å². The monoisotopic (exact) mass is 194 g/mol. The molecule has 1 unspecified atom stereocenters. The van der Waals surface area contributed by atoms with Gasteiger partial charge in [0.1, 0.15) is 28.9 Å². The van der Waals surface area contributed by atoms with Gasteiger partial charge in [0.05, 0.1) is 0 Å². The molecule has 1 aromatic rings. The summed E-state index contributed by atoms with van der Waals surface area (Å²) in [5.74, 6) is -0.234. The van der Waals surface area contributed by atoms with E-state index >= 15 is 0 Å². The van der Waals surface area contributed by atoms with Crippen molar-refractivity contribution >= 4 is 5.78 Å². The summed E-state index contributed by atoms with van der Waals surface area (Å²) in [6.45, 7) is 1.77. The number of benzene rings is 1. The van der Waals surface area contributed by atoms with Crippen molar-refractivity contribution in [2.24, 2.45) is 0 Å². The topological polar surface area (TPSA) is 66.8 Å². The predicted octanol–water partition coefficient (Wildman–Crippen LogP) is 1.45. The number of ether oxygens (including phenoxy) is 1. The van der Waals surface area contributed by atoms with E-state index in [4.69, 9.17) is 4.74 Å². The van der Waals surface area contributed by atoms with E-state index in [0.29, 0.717) is 0 Å². The smallest absolute Gasteiger partial charge is 0.174 e. The first kappa shape index (κ1) is 8.87. The van der Waals surface area contributed by atoms with Crippen molar-refractivity contribution in [2.45, 2.75) is 19.4 Å². The third-order valence-corrected chi connectivity index (χ3v) is 2.15. The van der Waals surface area contributed by atoms with Gasteiger partial charge in [-0.2, -0.15) is 0 Å². The van der Waals surface area contributed by atoms with E-state index in [1.54, 1.807) is 6.92 Å². The van der Waals surface area contributed by atoms with Gasteiger partial charge in [-0.15, -0.1) is 0 Å². The lowest BCUT2D eigenvalue weighted by molar-refractivity contribution is 0.0866. The van der Waals surface area contributed by atoms with Crippen LogP contribution in [-0.4, -0.2) is 22.1 Å². The Morgan fingerprint density at radius 2 is 2.14 bits per heavy atom. The van der Waals surface area contributed by atoms with Crippen LogP contribution in [0.2, 0.25) is 0 Å². The van der Waals surface area contributed by atoms with E-state index in [1.807, 2.05) is 0 Å². The summed E-state index contributed by atoms with van der Waals surface area (Å²) < 4.78 is 5.32. The van der Waals surface area contributed by atoms with Crippen molar-refractivity contribution in [1.29, 1.82) is 0 Å². The number of rotatable bonds is 0. The number of hydrogen-bond donors (Lipinski definition) is 2. The number of aromatic hydroxyl groups is 2. The third-order valence-electron chi connectivity index (χ3n) is 2.15. The van der Waals surface area contributed by atoms with Gasteiger partial charge in [0.15, 0.2) is 5.78 Å². The third kappa shape index (κ3) is 1.28. The van der Waals surface area contributed by atoms with Crippen LogP contribution < -0.4 is 4.74 Å². The molecule has 0 saturated carbocycles. The Bertz CT molecular complexity index is 397. The lowest BCUT2D eigenvalue weighted by Gasteiger charge is -2.22. The Labute approximate surface area is 80.7 Å². The maximum atomic E-state index is 11.5. The molecule has 0 bridgehead atoms. The van der Waals surface area contributed by atoms with Crippen LogP contribution in [0, 0.1) is 0 Å². The summed E-state index contributed by atoms with van der Waals surface area (Å²) in [6.07, 6.45) is 0.0434. The van der Waals surface area contributed by atoms with E-state index < -0.39 is 0 Å². The summed E-state index contributed by atoms with van der Waals surface area (Å²) in [4.78, 5) is 11.5. The second kappa shape index (κ2) is 2.90. The quantitative estimate of drug-likeness (QED) is 0.656. The molecule has 0 fully saturated rings. The highest BCUT2D eigenvalue weighted by Crippen LogP contribution is 2.37. The largest absolute Gasteiger partial charge is 0.508 e. The first-order chi connectivity index (χ1) is 6.58. The number of hydrogen-bond acceptors (Lipinski definition) is 4. The first-order valence-corrected chi connectivity index (χ1v) is 4.34. The Kier molecular flexibility index (Phi) is 1.84. The minimum absolute atomic E-state index is 0.108. The fourth-order valence-corrected chi connectivity index (χ4v) is 1.58. The van der Waals surface area contributed by atoms with Crippen molar-refractivity contribution in [3.05, 3.63) is 17.7 Å². The predicted molar refractivity (Wildman–Crippen MR) is 48.8 cm³/mol. The molecule has 0 aliphatic carbocycles. The summed E-state index contributed by atoms with van der Waals surface area (Å²) in [5, 5.41) is 18.6. The second-order valence-electron chi connectivity index (χ2n) is 3.39. The standard InChI is InChI=1S/C10H10O4/c1-5-2-7(12)10-8(13)3-6(11)4-9(10)14-5/h3-5,11,13H,2H2,1H3. The highest BCUT2D eigenvalue weighted by atomic mass is 16.5. The van der Waals surface area contributed by atoms with Gasteiger partial charge in [-0.25, -0.2) is 0 Å². The molecule has 0 amide bonds. The molecule has 2 N–H and O–H groups in total. The zero-order valence-electron chi connectivity index (χ0n) is 7.65. The summed E-state index contributed by atoms with van der Waals surface area (Å²) in [5.41, 5.74) is 0.168. The fraction of sp³-hybridized carbons (Fsp3) is 0.300. The van der Waals surface area contributed by atoms with Gasteiger partial charge in [-0.05, 0) is 6.92 Å². The van der Waals surface area contributed by atoms with Gasteiger partial charge in [-0.1, -0.05) is 0 Å². The first-order valence-electron chi connectivity index (χ1n) is 4.34. The van der Waals surface area contributed by atoms with Crippen LogP contribution >= 0.6 is 0 Å². The minimum Gasteiger partial charge on any atom is -0.508 e. The Balaban J connectivity index is 2.59. The van der Waals surface area contributed by atoms with Crippen molar-refractivity contribution in [1.82, 2.24) is 0 Å². The Morgan fingerprint density at radius 3 is 2.86 bits per heavy atom. The van der Waals surface area contributed by atoms with Crippen molar-refractivity contribution in [3.63, 3.8) is 0 Å². The van der Waals surface area contributed by atoms with Gasteiger partial charge >= 0.3 is 0 Å². The van der Waals surface area contributed by atoms with Crippen LogP contribution in [0.25, 0.3) is 0 Å². The van der Waals surface area contributed by atoms with Crippen molar-refractivity contribution in [2.75, 3.05) is 0 Å². The molecule has 0 spiro atoms. The maximum Gasteiger partial charge on any atom is 0.174 e. The van der Waals surface area contributed by atoms with E-state index in [9.17, 15) is 15.0 Å². The molecule has 1 heterocycles. The number of carbonyl (C=O) groups excluding carboxylic acids is 1. The van der Waals surface area contributed by atoms with Gasteiger partial charge in [-0.3, -0.25) is 4.79 Å². The molecule has 0 radical (unpaired) electrons. The molecule has 1 aliphatic heterocycles. The molecule has 14 heavy (non-hydrogen) atoms. The van der Waals surface area contributed by atoms with Crippen molar-refractivity contribution < 1.29 is 19.7 Å². The molecular formula is C10H10O4. The average Bonchev–Trinajstić information content (AvgIpc) is 1.99.